The van der Waals surface area contributed by atoms with Gasteiger partial charge >= 0.3 is 6.09 Å². The Morgan fingerprint density at radius 1 is 1.18 bits per heavy atom. The Balaban J connectivity index is 1.84. The van der Waals surface area contributed by atoms with Crippen molar-refractivity contribution in [3.63, 3.8) is 0 Å². The van der Waals surface area contributed by atoms with Crippen LogP contribution in [0.15, 0.2) is 5.16 Å². The third-order valence-corrected chi connectivity index (χ3v) is 5.06. The molecule has 2 saturated heterocycles. The lowest BCUT2D eigenvalue weighted by Crippen LogP contribution is -2.43. The molecule has 1 N–H and O–H groups in total. The van der Waals surface area contributed by atoms with E-state index in [0.29, 0.717) is 25.0 Å². The monoisotopic (exact) mass is 311 g/mol. The predicted molar refractivity (Wildman–Crippen MR) is 86.3 cm³/mol. The van der Waals surface area contributed by atoms with Gasteiger partial charge in [-0.15, -0.1) is 0 Å². The number of carbonyl (C=O) groups is 1. The van der Waals surface area contributed by atoms with Crippen molar-refractivity contribution in [2.24, 2.45) is 11.1 Å². The Morgan fingerprint density at radius 3 is 2.50 bits per heavy atom. The fourth-order valence-electron chi connectivity index (χ4n) is 3.78. The molecule has 2 heterocycles. The van der Waals surface area contributed by atoms with Crippen molar-refractivity contribution >= 4 is 11.8 Å². The molecule has 0 aromatic rings. The second kappa shape index (κ2) is 8.36. The minimum atomic E-state index is -0.775. The van der Waals surface area contributed by atoms with E-state index in [1.807, 2.05) is 0 Å². The molecule has 1 amide bonds. The normalized spacial score (nSPS) is 25.8. The van der Waals surface area contributed by atoms with Gasteiger partial charge in [0.2, 0.25) is 0 Å². The summed E-state index contributed by atoms with van der Waals surface area (Å²) in [5.41, 5.74) is 1.18. The summed E-state index contributed by atoms with van der Waals surface area (Å²) in [6.07, 6.45) is 5.50. The third-order valence-electron chi connectivity index (χ3n) is 5.06. The molecule has 1 atom stereocenters. The van der Waals surface area contributed by atoms with E-state index < -0.39 is 6.09 Å². The highest BCUT2D eigenvalue weighted by molar-refractivity contribution is 5.86. The van der Waals surface area contributed by atoms with Gasteiger partial charge in [0, 0.05) is 25.0 Å². The second-order valence-electron chi connectivity index (χ2n) is 6.28. The SMILES string of the molecule is CC/C(=N\OC)C1CCN(C2CCCN(C(=O)O)CC2)CC1. The number of hydrogen-bond donors (Lipinski definition) is 1. The van der Waals surface area contributed by atoms with Crippen LogP contribution in [-0.4, -0.2) is 66.0 Å². The van der Waals surface area contributed by atoms with Crippen LogP contribution in [0.2, 0.25) is 0 Å². The van der Waals surface area contributed by atoms with E-state index in [9.17, 15) is 4.79 Å². The molecule has 6 nitrogen and oxygen atoms in total. The van der Waals surface area contributed by atoms with E-state index in [0.717, 1.165) is 51.6 Å². The zero-order valence-corrected chi connectivity index (χ0v) is 13.8. The Hall–Kier alpha value is -1.30. The number of carboxylic acid groups (broad SMARTS) is 1. The van der Waals surface area contributed by atoms with Crippen LogP contribution in [0.1, 0.15) is 45.4 Å². The van der Waals surface area contributed by atoms with Gasteiger partial charge in [-0.3, -0.25) is 0 Å². The quantitative estimate of drug-likeness (QED) is 0.640. The Kier molecular flexibility index (Phi) is 6.49. The molecule has 126 valence electrons. The van der Waals surface area contributed by atoms with Crippen LogP contribution in [-0.2, 0) is 4.84 Å². The van der Waals surface area contributed by atoms with Crippen LogP contribution in [0, 0.1) is 5.92 Å². The number of piperidine rings is 1. The Bertz CT molecular complexity index is 392. The Morgan fingerprint density at radius 2 is 1.91 bits per heavy atom. The van der Waals surface area contributed by atoms with Crippen LogP contribution in [0.4, 0.5) is 4.79 Å². The summed E-state index contributed by atoms with van der Waals surface area (Å²) in [5.74, 6) is 0.544. The number of oxime groups is 1. The van der Waals surface area contributed by atoms with Crippen LogP contribution in [0.25, 0.3) is 0 Å². The fourth-order valence-corrected chi connectivity index (χ4v) is 3.78. The van der Waals surface area contributed by atoms with Crippen molar-refractivity contribution in [2.75, 3.05) is 33.3 Å². The van der Waals surface area contributed by atoms with Gasteiger partial charge in [0.1, 0.15) is 7.11 Å². The van der Waals surface area contributed by atoms with E-state index in [2.05, 4.69) is 17.0 Å². The first-order valence-electron chi connectivity index (χ1n) is 8.47. The molecule has 6 heteroatoms. The van der Waals surface area contributed by atoms with Gasteiger partial charge in [0.05, 0.1) is 5.71 Å². The molecule has 2 aliphatic rings. The average molecular weight is 311 g/mol. The molecule has 1 unspecified atom stereocenters. The number of hydrogen-bond acceptors (Lipinski definition) is 4. The van der Waals surface area contributed by atoms with E-state index in [-0.39, 0.29) is 0 Å². The molecular weight excluding hydrogens is 282 g/mol. The zero-order valence-electron chi connectivity index (χ0n) is 13.8. The summed E-state index contributed by atoms with van der Waals surface area (Å²) in [6, 6.07) is 0.537. The van der Waals surface area contributed by atoms with Gasteiger partial charge in [-0.05, 0) is 51.6 Å². The lowest BCUT2D eigenvalue weighted by molar-refractivity contribution is 0.128. The van der Waals surface area contributed by atoms with Gasteiger partial charge in [-0.2, -0.15) is 0 Å². The summed E-state index contributed by atoms with van der Waals surface area (Å²) in [7, 11) is 1.62. The fraction of sp³-hybridized carbons (Fsp3) is 0.875. The number of rotatable bonds is 4. The van der Waals surface area contributed by atoms with Gasteiger partial charge < -0.3 is 19.7 Å². The lowest BCUT2D eigenvalue weighted by atomic mass is 9.89. The number of likely N-dealkylation sites (tertiary alicyclic amines) is 2. The third kappa shape index (κ3) is 4.35. The number of nitrogens with zero attached hydrogens (tertiary/aromatic N) is 3. The highest BCUT2D eigenvalue weighted by Crippen LogP contribution is 2.25. The molecule has 0 radical (unpaired) electrons. The molecule has 0 aromatic heterocycles. The van der Waals surface area contributed by atoms with Crippen LogP contribution in [0.5, 0.6) is 0 Å². The minimum absolute atomic E-state index is 0.537. The minimum Gasteiger partial charge on any atom is -0.465 e. The van der Waals surface area contributed by atoms with Gasteiger partial charge in [0.25, 0.3) is 0 Å². The first-order valence-corrected chi connectivity index (χ1v) is 8.47. The Labute approximate surface area is 133 Å². The standard InChI is InChI=1S/C16H29N3O3/c1-3-15(17-22-2)13-6-10-18(11-7-13)14-5-4-9-19(12-8-14)16(20)21/h13-14H,3-12H2,1-2H3,(H,20,21)/b17-15+. The average Bonchev–Trinajstić information content (AvgIpc) is 2.79. The lowest BCUT2D eigenvalue weighted by Gasteiger charge is -2.37. The van der Waals surface area contributed by atoms with Crippen LogP contribution >= 0.6 is 0 Å². The van der Waals surface area contributed by atoms with Crippen LogP contribution in [0.3, 0.4) is 0 Å². The largest absolute Gasteiger partial charge is 0.465 e. The highest BCUT2D eigenvalue weighted by Gasteiger charge is 2.29. The van der Waals surface area contributed by atoms with Crippen molar-refractivity contribution in [2.45, 2.75) is 51.5 Å². The van der Waals surface area contributed by atoms with Gasteiger partial charge in [-0.1, -0.05) is 12.1 Å². The van der Waals surface area contributed by atoms with Crippen molar-refractivity contribution in [3.05, 3.63) is 0 Å². The van der Waals surface area contributed by atoms with E-state index >= 15 is 0 Å². The summed E-state index contributed by atoms with van der Waals surface area (Å²) in [6.45, 7) is 5.67. The molecule has 2 fully saturated rings. The van der Waals surface area contributed by atoms with Crippen molar-refractivity contribution < 1.29 is 14.7 Å². The topological polar surface area (TPSA) is 65.4 Å². The molecule has 22 heavy (non-hydrogen) atoms. The first kappa shape index (κ1) is 17.1. The summed E-state index contributed by atoms with van der Waals surface area (Å²) in [4.78, 5) is 20.2. The maximum atomic E-state index is 11.1. The molecule has 0 bridgehead atoms. The number of amides is 1. The second-order valence-corrected chi connectivity index (χ2v) is 6.28. The molecule has 2 aliphatic heterocycles. The van der Waals surface area contributed by atoms with Crippen LogP contribution < -0.4 is 0 Å². The summed E-state index contributed by atoms with van der Waals surface area (Å²) in [5, 5.41) is 13.3. The maximum Gasteiger partial charge on any atom is 0.407 e. The van der Waals surface area contributed by atoms with Crippen molar-refractivity contribution in [3.8, 4) is 0 Å². The zero-order chi connectivity index (χ0) is 15.9. The molecular formula is C16H29N3O3. The molecule has 0 aromatic carbocycles. The van der Waals surface area contributed by atoms with Crippen molar-refractivity contribution in [1.82, 2.24) is 9.80 Å². The maximum absolute atomic E-state index is 11.1. The summed E-state index contributed by atoms with van der Waals surface area (Å²) < 4.78 is 0. The summed E-state index contributed by atoms with van der Waals surface area (Å²) >= 11 is 0. The van der Waals surface area contributed by atoms with E-state index in [1.165, 1.54) is 5.71 Å². The van der Waals surface area contributed by atoms with Gasteiger partial charge in [0.15, 0.2) is 0 Å². The van der Waals surface area contributed by atoms with Crippen molar-refractivity contribution in [1.29, 1.82) is 0 Å². The van der Waals surface area contributed by atoms with Gasteiger partial charge in [-0.25, -0.2) is 4.79 Å². The highest BCUT2D eigenvalue weighted by atomic mass is 16.6. The smallest absolute Gasteiger partial charge is 0.407 e. The van der Waals surface area contributed by atoms with E-state index in [1.54, 1.807) is 12.0 Å². The molecule has 0 saturated carbocycles. The molecule has 2 rings (SSSR count). The molecule has 0 aliphatic carbocycles. The first-order chi connectivity index (χ1) is 10.7. The predicted octanol–water partition coefficient (Wildman–Crippen LogP) is 2.64. The molecule has 0 spiro atoms. The van der Waals surface area contributed by atoms with E-state index in [4.69, 9.17) is 9.94 Å².